The van der Waals surface area contributed by atoms with Crippen molar-refractivity contribution in [2.45, 2.75) is 31.9 Å². The number of rotatable bonds is 6. The van der Waals surface area contributed by atoms with Gasteiger partial charge in [-0.2, -0.15) is 0 Å². The molecule has 0 saturated carbocycles. The average molecular weight is 303 g/mol. The van der Waals surface area contributed by atoms with Crippen molar-refractivity contribution in [1.29, 1.82) is 0 Å². The van der Waals surface area contributed by atoms with Gasteiger partial charge in [-0.25, -0.2) is 0 Å². The average Bonchev–Trinajstić information content (AvgIpc) is 2.27. The minimum absolute atomic E-state index is 0.00794. The number of nitrogens with zero attached hydrogens (tertiary/aromatic N) is 1. The molecule has 8 heteroatoms. The topological polar surface area (TPSA) is 116 Å². The first kappa shape index (κ1) is 16.2. The van der Waals surface area contributed by atoms with Gasteiger partial charge in [-0.3, -0.25) is 14.9 Å². The van der Waals surface area contributed by atoms with Gasteiger partial charge < -0.3 is 15.6 Å². The van der Waals surface area contributed by atoms with Gasteiger partial charge in [0.05, 0.1) is 11.0 Å². The number of halogens is 1. The highest BCUT2D eigenvalue weighted by Gasteiger charge is 2.31. The lowest BCUT2D eigenvalue weighted by atomic mass is 9.96. The van der Waals surface area contributed by atoms with Crippen molar-refractivity contribution in [2.75, 3.05) is 0 Å². The molecule has 0 spiro atoms. The Bertz CT molecular complexity index is 533. The Labute approximate surface area is 120 Å². The molecule has 0 aromatic heterocycles. The highest BCUT2D eigenvalue weighted by Crippen LogP contribution is 2.31. The van der Waals surface area contributed by atoms with Crippen LogP contribution in [0.4, 0.5) is 5.69 Å². The minimum atomic E-state index is -1.48. The largest absolute Gasteiger partial charge is 0.484 e. The van der Waals surface area contributed by atoms with E-state index < -0.39 is 22.5 Å². The summed E-state index contributed by atoms with van der Waals surface area (Å²) in [5.74, 6) is -1.19. The third-order valence-corrected chi connectivity index (χ3v) is 2.88. The first-order valence-corrected chi connectivity index (χ1v) is 6.14. The summed E-state index contributed by atoms with van der Waals surface area (Å²) < 4.78 is 5.40. The zero-order valence-corrected chi connectivity index (χ0v) is 11.8. The van der Waals surface area contributed by atoms with E-state index in [-0.39, 0.29) is 22.9 Å². The molecule has 2 unspecified atom stereocenters. The fourth-order valence-electron chi connectivity index (χ4n) is 1.68. The minimum Gasteiger partial charge on any atom is -0.484 e. The van der Waals surface area contributed by atoms with Crippen LogP contribution in [0.3, 0.4) is 0 Å². The monoisotopic (exact) mass is 302 g/mol. The summed E-state index contributed by atoms with van der Waals surface area (Å²) in [4.78, 5) is 21.2. The summed E-state index contributed by atoms with van der Waals surface area (Å²) in [5, 5.41) is 20.1. The molecule has 0 amide bonds. The van der Waals surface area contributed by atoms with E-state index in [1.165, 1.54) is 25.1 Å². The lowest BCUT2D eigenvalue weighted by molar-refractivity contribution is -0.386. The van der Waals surface area contributed by atoms with Crippen LogP contribution < -0.4 is 10.5 Å². The molecule has 1 aromatic carbocycles. The number of nitrogens with two attached hydrogens (primary N) is 1. The molecule has 0 bridgehead atoms. The van der Waals surface area contributed by atoms with Gasteiger partial charge in [0.1, 0.15) is 5.54 Å². The number of nitro benzene ring substituents is 1. The number of ether oxygens (including phenoxy) is 1. The van der Waals surface area contributed by atoms with Crippen molar-refractivity contribution >= 4 is 23.3 Å². The van der Waals surface area contributed by atoms with Crippen molar-refractivity contribution < 1.29 is 19.6 Å². The molecule has 0 aliphatic rings. The number of carbonyl (C=O) groups is 1. The maximum absolute atomic E-state index is 10.9. The molecule has 1 aromatic rings. The molecule has 0 aliphatic heterocycles. The second-order valence-electron chi connectivity index (χ2n) is 4.72. The van der Waals surface area contributed by atoms with Gasteiger partial charge in [0.25, 0.3) is 0 Å². The maximum Gasteiger partial charge on any atom is 0.323 e. The number of hydrogen-bond acceptors (Lipinski definition) is 5. The lowest BCUT2D eigenvalue weighted by Crippen LogP contribution is -2.47. The summed E-state index contributed by atoms with van der Waals surface area (Å²) >= 11 is 5.77. The van der Waals surface area contributed by atoms with Gasteiger partial charge in [-0.05, 0) is 19.9 Å². The van der Waals surface area contributed by atoms with Crippen molar-refractivity contribution in [3.8, 4) is 5.75 Å². The van der Waals surface area contributed by atoms with Crippen LogP contribution in [0.5, 0.6) is 5.75 Å². The second kappa shape index (κ2) is 6.06. The summed E-state index contributed by atoms with van der Waals surface area (Å²) in [6.07, 6.45) is -0.635. The Morgan fingerprint density at radius 3 is 2.75 bits per heavy atom. The molecule has 3 N–H and O–H groups in total. The summed E-state index contributed by atoms with van der Waals surface area (Å²) in [5.41, 5.74) is 3.88. The number of carboxylic acid groups (broad SMARTS) is 1. The molecule has 0 heterocycles. The van der Waals surface area contributed by atoms with Crippen LogP contribution >= 0.6 is 11.6 Å². The molecule has 0 aliphatic carbocycles. The third-order valence-electron chi connectivity index (χ3n) is 2.65. The molecule has 0 radical (unpaired) electrons. The number of aliphatic carboxylic acids is 1. The van der Waals surface area contributed by atoms with Crippen molar-refractivity contribution in [2.24, 2.45) is 5.73 Å². The number of hydrogen-bond donors (Lipinski definition) is 2. The molecule has 0 fully saturated rings. The highest BCUT2D eigenvalue weighted by atomic mass is 35.5. The Hall–Kier alpha value is -1.86. The quantitative estimate of drug-likeness (QED) is 0.614. The van der Waals surface area contributed by atoms with E-state index in [1.54, 1.807) is 6.92 Å². The molecule has 20 heavy (non-hydrogen) atoms. The van der Waals surface area contributed by atoms with Crippen LogP contribution in [-0.4, -0.2) is 27.6 Å². The van der Waals surface area contributed by atoms with E-state index >= 15 is 0 Å². The van der Waals surface area contributed by atoms with E-state index in [0.717, 1.165) is 0 Å². The van der Waals surface area contributed by atoms with Crippen molar-refractivity contribution in [3.63, 3.8) is 0 Å². The molecule has 1 rings (SSSR count). The zero-order valence-electron chi connectivity index (χ0n) is 11.0. The molecule has 110 valence electrons. The third kappa shape index (κ3) is 4.07. The summed E-state index contributed by atoms with van der Waals surface area (Å²) in [6, 6.07) is 3.91. The first-order valence-electron chi connectivity index (χ1n) is 5.76. The molecule has 0 saturated heterocycles. The van der Waals surface area contributed by atoms with E-state index in [1.807, 2.05) is 0 Å². The lowest BCUT2D eigenvalue weighted by Gasteiger charge is -2.24. The van der Waals surface area contributed by atoms with Crippen molar-refractivity contribution in [3.05, 3.63) is 33.3 Å². The predicted molar refractivity (Wildman–Crippen MR) is 73.0 cm³/mol. The van der Waals surface area contributed by atoms with Crippen molar-refractivity contribution in [1.82, 2.24) is 0 Å². The van der Waals surface area contributed by atoms with Crippen LogP contribution in [0.25, 0.3) is 0 Å². The molecule has 2 atom stereocenters. The Morgan fingerprint density at radius 1 is 1.65 bits per heavy atom. The zero-order chi connectivity index (χ0) is 15.5. The first-order chi connectivity index (χ1) is 9.13. The molecular weight excluding hydrogens is 288 g/mol. The van der Waals surface area contributed by atoms with Crippen LogP contribution in [0.15, 0.2) is 18.2 Å². The SMILES string of the molecule is CC(CC(C)(N)C(=O)O)Oc1cc(Cl)ccc1[N+](=O)[O-]. The van der Waals surface area contributed by atoms with Gasteiger partial charge in [0, 0.05) is 23.6 Å². The Balaban J connectivity index is 2.90. The van der Waals surface area contributed by atoms with E-state index in [4.69, 9.17) is 27.2 Å². The van der Waals surface area contributed by atoms with E-state index in [0.29, 0.717) is 0 Å². The normalized spacial score (nSPS) is 15.2. The fourth-order valence-corrected chi connectivity index (χ4v) is 1.84. The fraction of sp³-hybridized carbons (Fsp3) is 0.417. The van der Waals surface area contributed by atoms with Crippen LogP contribution in [0.1, 0.15) is 20.3 Å². The van der Waals surface area contributed by atoms with Crippen LogP contribution in [-0.2, 0) is 4.79 Å². The standard InChI is InChI=1S/C12H15ClN2O5/c1-7(6-12(2,14)11(16)17)20-10-5-8(13)3-4-9(10)15(18)19/h3-5,7H,6,14H2,1-2H3,(H,16,17). The Kier molecular flexibility index (Phi) is 4.91. The van der Waals surface area contributed by atoms with E-state index in [9.17, 15) is 14.9 Å². The number of benzene rings is 1. The predicted octanol–water partition coefficient (Wildman–Crippen LogP) is 2.21. The molecular formula is C12H15ClN2O5. The van der Waals surface area contributed by atoms with Crippen LogP contribution in [0, 0.1) is 10.1 Å². The molecule has 7 nitrogen and oxygen atoms in total. The Morgan fingerprint density at radius 2 is 2.25 bits per heavy atom. The van der Waals surface area contributed by atoms with Crippen LogP contribution in [0.2, 0.25) is 5.02 Å². The summed E-state index contributed by atoms with van der Waals surface area (Å²) in [7, 11) is 0. The van der Waals surface area contributed by atoms with E-state index in [2.05, 4.69) is 0 Å². The van der Waals surface area contributed by atoms with Gasteiger partial charge >= 0.3 is 11.7 Å². The number of carboxylic acids is 1. The highest BCUT2D eigenvalue weighted by molar-refractivity contribution is 6.30. The van der Waals surface area contributed by atoms with Gasteiger partial charge in [0.2, 0.25) is 0 Å². The summed E-state index contributed by atoms with van der Waals surface area (Å²) in [6.45, 7) is 2.93. The maximum atomic E-state index is 10.9. The van der Waals surface area contributed by atoms with Gasteiger partial charge in [-0.1, -0.05) is 11.6 Å². The van der Waals surface area contributed by atoms with Gasteiger partial charge in [-0.15, -0.1) is 0 Å². The second-order valence-corrected chi connectivity index (χ2v) is 5.16. The van der Waals surface area contributed by atoms with Gasteiger partial charge in [0.15, 0.2) is 5.75 Å². The smallest absolute Gasteiger partial charge is 0.323 e. The number of nitro groups is 1.